The summed E-state index contributed by atoms with van der Waals surface area (Å²) in [5.74, 6) is -0.0501. The van der Waals surface area contributed by atoms with Crippen LogP contribution in [-0.4, -0.2) is 35.7 Å². The van der Waals surface area contributed by atoms with Gasteiger partial charge in [-0.15, -0.1) is 0 Å². The minimum Gasteiger partial charge on any atom is -0.477 e. The lowest BCUT2D eigenvalue weighted by Crippen LogP contribution is -2.31. The average molecular weight is 270 g/mol. The van der Waals surface area contributed by atoms with Gasteiger partial charge in [0.25, 0.3) is 0 Å². The number of carbonyl (C=O) groups is 1. The minimum absolute atomic E-state index is 0.0143. The highest BCUT2D eigenvalue weighted by molar-refractivity contribution is 5.69. The van der Waals surface area contributed by atoms with E-state index in [1.165, 1.54) is 6.07 Å². The highest BCUT2D eigenvalue weighted by atomic mass is 16.7. The molecule has 0 N–H and O–H groups in total. The molecule has 0 unspecified atom stereocenters. The molecule has 1 aromatic rings. The highest BCUT2D eigenvalue weighted by Gasteiger charge is 2.08. The summed E-state index contributed by atoms with van der Waals surface area (Å²) in [5, 5.41) is 3.91. The average Bonchev–Trinajstić information content (AvgIpc) is 2.35. The molecule has 0 bridgehead atoms. The van der Waals surface area contributed by atoms with Crippen LogP contribution in [0.25, 0.3) is 0 Å². The predicted molar refractivity (Wildman–Crippen MR) is 67.1 cm³/mol. The van der Waals surface area contributed by atoms with E-state index in [1.54, 1.807) is 13.8 Å². The first kappa shape index (κ1) is 15.0. The second kappa shape index (κ2) is 7.40. The van der Waals surface area contributed by atoms with E-state index in [-0.39, 0.29) is 19.0 Å². The Morgan fingerprint density at radius 1 is 1.37 bits per heavy atom. The Kier molecular flexibility index (Phi) is 5.84. The van der Waals surface area contributed by atoms with Gasteiger partial charge < -0.3 is 14.3 Å². The molecule has 0 saturated heterocycles. The topological polar surface area (TPSA) is 79.7 Å². The number of hydrogen-bond donors (Lipinski definition) is 0. The van der Waals surface area contributed by atoms with Crippen LogP contribution in [0.5, 0.6) is 5.88 Å². The fraction of sp³-hybridized carbons (Fsp3) is 0.583. The van der Waals surface area contributed by atoms with Gasteiger partial charge in [-0.05, 0) is 20.8 Å². The first-order valence-electron chi connectivity index (χ1n) is 6.11. The maximum absolute atomic E-state index is 11.6. The van der Waals surface area contributed by atoms with Crippen molar-refractivity contribution in [2.24, 2.45) is 0 Å². The Bertz CT molecular complexity index is 483. The van der Waals surface area contributed by atoms with Gasteiger partial charge >= 0.3 is 11.5 Å². The minimum atomic E-state index is -0.412. The first-order chi connectivity index (χ1) is 9.08. The van der Waals surface area contributed by atoms with E-state index in [0.29, 0.717) is 24.7 Å². The molecule has 0 aliphatic carbocycles. The SMILES string of the molecule is CCOC(=O)CCOn1nc(OCC)c(C)cc1=O. The van der Waals surface area contributed by atoms with Crippen molar-refractivity contribution < 1.29 is 19.1 Å². The lowest BCUT2D eigenvalue weighted by molar-refractivity contribution is -0.144. The Hall–Kier alpha value is -2.05. The summed E-state index contributed by atoms with van der Waals surface area (Å²) in [6.07, 6.45) is 0.0554. The fourth-order valence-corrected chi connectivity index (χ4v) is 1.33. The molecule has 7 nitrogen and oxygen atoms in total. The van der Waals surface area contributed by atoms with Crippen LogP contribution in [0.15, 0.2) is 10.9 Å². The number of ether oxygens (including phenoxy) is 2. The van der Waals surface area contributed by atoms with Crippen LogP contribution in [0.2, 0.25) is 0 Å². The number of aryl methyl sites for hydroxylation is 1. The van der Waals surface area contributed by atoms with Crippen molar-refractivity contribution in [1.29, 1.82) is 0 Å². The lowest BCUT2D eigenvalue weighted by Gasteiger charge is -2.10. The molecule has 0 aliphatic rings. The Morgan fingerprint density at radius 2 is 2.11 bits per heavy atom. The van der Waals surface area contributed by atoms with Crippen molar-refractivity contribution in [3.8, 4) is 5.88 Å². The maximum Gasteiger partial charge on any atom is 0.309 e. The molecular formula is C12H18N2O5. The van der Waals surface area contributed by atoms with E-state index in [4.69, 9.17) is 14.3 Å². The molecule has 0 aromatic carbocycles. The van der Waals surface area contributed by atoms with Gasteiger partial charge in [-0.2, -0.15) is 0 Å². The predicted octanol–water partition coefficient (Wildman–Crippen LogP) is 0.332. The zero-order valence-electron chi connectivity index (χ0n) is 11.3. The highest BCUT2D eigenvalue weighted by Crippen LogP contribution is 2.09. The normalized spacial score (nSPS) is 10.1. The van der Waals surface area contributed by atoms with Crippen LogP contribution in [0.4, 0.5) is 0 Å². The summed E-state index contributed by atoms with van der Waals surface area (Å²) >= 11 is 0. The molecule has 1 heterocycles. The summed E-state index contributed by atoms with van der Waals surface area (Å²) in [6.45, 7) is 6.03. The number of esters is 1. The lowest BCUT2D eigenvalue weighted by atomic mass is 10.3. The van der Waals surface area contributed by atoms with Gasteiger partial charge in [0, 0.05) is 11.6 Å². The van der Waals surface area contributed by atoms with Crippen molar-refractivity contribution in [1.82, 2.24) is 9.94 Å². The zero-order valence-corrected chi connectivity index (χ0v) is 11.3. The molecule has 0 spiro atoms. The van der Waals surface area contributed by atoms with Crippen LogP contribution in [0, 0.1) is 6.92 Å². The molecule has 1 rings (SSSR count). The van der Waals surface area contributed by atoms with Gasteiger partial charge in [0.2, 0.25) is 5.88 Å². The summed E-state index contributed by atoms with van der Waals surface area (Å²) in [4.78, 5) is 28.6. The third-order valence-electron chi connectivity index (χ3n) is 2.15. The van der Waals surface area contributed by atoms with Gasteiger partial charge in [0.05, 0.1) is 19.6 Å². The van der Waals surface area contributed by atoms with Crippen molar-refractivity contribution in [3.05, 3.63) is 22.0 Å². The van der Waals surface area contributed by atoms with Crippen LogP contribution in [0.1, 0.15) is 25.8 Å². The molecule has 0 aliphatic heterocycles. The molecule has 0 atom stereocenters. The second-order valence-electron chi connectivity index (χ2n) is 3.66. The third kappa shape index (κ3) is 4.61. The smallest absolute Gasteiger partial charge is 0.309 e. The second-order valence-corrected chi connectivity index (χ2v) is 3.66. The number of nitrogens with zero attached hydrogens (tertiary/aromatic N) is 2. The molecule has 0 amide bonds. The van der Waals surface area contributed by atoms with Gasteiger partial charge in [0.15, 0.2) is 0 Å². The molecule has 1 aromatic heterocycles. The van der Waals surface area contributed by atoms with E-state index in [9.17, 15) is 9.59 Å². The van der Waals surface area contributed by atoms with Gasteiger partial charge in [-0.25, -0.2) is 0 Å². The van der Waals surface area contributed by atoms with Crippen LogP contribution < -0.4 is 15.1 Å². The van der Waals surface area contributed by atoms with E-state index in [0.717, 1.165) is 4.85 Å². The van der Waals surface area contributed by atoms with Crippen LogP contribution in [-0.2, 0) is 9.53 Å². The van der Waals surface area contributed by atoms with Gasteiger partial charge in [0.1, 0.15) is 6.61 Å². The summed E-state index contributed by atoms with van der Waals surface area (Å²) in [6, 6.07) is 1.36. The number of hydrogen-bond acceptors (Lipinski definition) is 6. The van der Waals surface area contributed by atoms with Gasteiger partial charge in [-0.1, -0.05) is 9.94 Å². The van der Waals surface area contributed by atoms with Crippen molar-refractivity contribution >= 4 is 5.97 Å². The van der Waals surface area contributed by atoms with Gasteiger partial charge in [-0.3, -0.25) is 9.59 Å². The van der Waals surface area contributed by atoms with E-state index in [1.807, 2.05) is 6.92 Å². The molecule has 0 radical (unpaired) electrons. The van der Waals surface area contributed by atoms with Crippen LogP contribution >= 0.6 is 0 Å². The molecule has 0 saturated carbocycles. The first-order valence-corrected chi connectivity index (χ1v) is 6.11. The van der Waals surface area contributed by atoms with Crippen molar-refractivity contribution in [2.75, 3.05) is 19.8 Å². The van der Waals surface area contributed by atoms with Crippen molar-refractivity contribution in [2.45, 2.75) is 27.2 Å². The number of aromatic nitrogens is 2. The van der Waals surface area contributed by atoms with E-state index in [2.05, 4.69) is 5.10 Å². The standard InChI is InChI=1S/C12H18N2O5/c1-4-17-11(16)6-7-19-14-10(15)8-9(3)12(13-14)18-5-2/h8H,4-7H2,1-3H3. The zero-order chi connectivity index (χ0) is 14.3. The van der Waals surface area contributed by atoms with Crippen LogP contribution in [0.3, 0.4) is 0 Å². The number of carbonyl (C=O) groups excluding carboxylic acids is 1. The summed E-state index contributed by atoms with van der Waals surface area (Å²) < 4.78 is 10.00. The van der Waals surface area contributed by atoms with E-state index < -0.39 is 5.56 Å². The molecule has 7 heteroatoms. The number of rotatable bonds is 7. The monoisotopic (exact) mass is 270 g/mol. The van der Waals surface area contributed by atoms with Crippen molar-refractivity contribution in [3.63, 3.8) is 0 Å². The Balaban J connectivity index is 2.65. The Morgan fingerprint density at radius 3 is 2.74 bits per heavy atom. The molecule has 19 heavy (non-hydrogen) atoms. The largest absolute Gasteiger partial charge is 0.477 e. The van der Waals surface area contributed by atoms with E-state index >= 15 is 0 Å². The summed E-state index contributed by atoms with van der Waals surface area (Å²) in [7, 11) is 0. The third-order valence-corrected chi connectivity index (χ3v) is 2.15. The molecule has 0 fully saturated rings. The maximum atomic E-state index is 11.6. The fourth-order valence-electron chi connectivity index (χ4n) is 1.33. The molecular weight excluding hydrogens is 252 g/mol. The Labute approximate surface area is 111 Å². The quantitative estimate of drug-likeness (QED) is 0.664. The molecule has 106 valence electrons. The summed E-state index contributed by atoms with van der Waals surface area (Å²) in [5.41, 5.74) is 0.224.